The number of aryl methyl sites for hydroxylation is 1. The molecule has 8 aromatic carbocycles. The van der Waals surface area contributed by atoms with Gasteiger partial charge in [-0.3, -0.25) is 0 Å². The van der Waals surface area contributed by atoms with Crippen molar-refractivity contribution in [2.45, 2.75) is 6.92 Å². The van der Waals surface area contributed by atoms with E-state index in [1.807, 2.05) is 34.0 Å². The molecule has 3 aromatic heterocycles. The highest BCUT2D eigenvalue weighted by atomic mass is 32.1. The maximum Gasteiger partial charge on any atom is 0.0442 e. The Bertz CT molecular complexity index is 3040. The van der Waals surface area contributed by atoms with Gasteiger partial charge in [-0.1, -0.05) is 91.0 Å². The second-order valence-corrected chi connectivity index (χ2v) is 16.5. The van der Waals surface area contributed by atoms with Gasteiger partial charge in [-0.2, -0.15) is 0 Å². The summed E-state index contributed by atoms with van der Waals surface area (Å²) in [5, 5.41) is 10.7. The van der Waals surface area contributed by atoms with E-state index in [1.165, 1.54) is 110 Å². The van der Waals surface area contributed by atoms with E-state index in [0.717, 1.165) is 0 Å². The van der Waals surface area contributed by atoms with E-state index in [2.05, 4.69) is 159 Å². The van der Waals surface area contributed by atoms with Crippen LogP contribution in [0.15, 0.2) is 152 Å². The van der Waals surface area contributed by atoms with Crippen LogP contribution in [0, 0.1) is 6.92 Å². The first kappa shape index (κ1) is 28.5. The number of hydrogen-bond acceptors (Lipinski definition) is 3. The Labute approximate surface area is 301 Å². The van der Waals surface area contributed by atoms with Crippen molar-refractivity contribution < 1.29 is 0 Å². The van der Waals surface area contributed by atoms with Gasteiger partial charge < -0.3 is 0 Å². The van der Waals surface area contributed by atoms with Gasteiger partial charge in [0.2, 0.25) is 0 Å². The Morgan fingerprint density at radius 3 is 1.34 bits per heavy atom. The van der Waals surface area contributed by atoms with E-state index in [1.54, 1.807) is 0 Å². The third kappa shape index (κ3) is 4.21. The van der Waals surface area contributed by atoms with E-state index >= 15 is 0 Å². The summed E-state index contributed by atoms with van der Waals surface area (Å²) in [4.78, 5) is 0. The van der Waals surface area contributed by atoms with Crippen molar-refractivity contribution >= 4 is 105 Å². The summed E-state index contributed by atoms with van der Waals surface area (Å²) < 4.78 is 8.04. The lowest BCUT2D eigenvalue weighted by atomic mass is 9.88. The Kier molecular flexibility index (Phi) is 6.18. The van der Waals surface area contributed by atoms with Crippen LogP contribution < -0.4 is 0 Å². The van der Waals surface area contributed by atoms with Gasteiger partial charge in [0.05, 0.1) is 0 Å². The van der Waals surface area contributed by atoms with Gasteiger partial charge >= 0.3 is 0 Å². The fraction of sp³-hybridized carbons (Fsp3) is 0.0213. The van der Waals surface area contributed by atoms with Crippen molar-refractivity contribution in [1.29, 1.82) is 0 Å². The molecule has 3 heteroatoms. The lowest BCUT2D eigenvalue weighted by Crippen LogP contribution is -1.91. The fourth-order valence-electron chi connectivity index (χ4n) is 8.09. The molecule has 11 aromatic rings. The molecule has 0 saturated carbocycles. The van der Waals surface area contributed by atoms with Gasteiger partial charge in [-0.05, 0) is 112 Å². The van der Waals surface area contributed by atoms with Crippen LogP contribution in [-0.2, 0) is 0 Å². The summed E-state index contributed by atoms with van der Waals surface area (Å²) in [7, 11) is 0. The molecule has 0 aliphatic carbocycles. The molecule has 0 N–H and O–H groups in total. The van der Waals surface area contributed by atoms with Crippen LogP contribution in [0.4, 0.5) is 0 Å². The highest BCUT2D eigenvalue weighted by Gasteiger charge is 2.20. The van der Waals surface area contributed by atoms with Crippen molar-refractivity contribution in [3.63, 3.8) is 0 Å². The Balaban J connectivity index is 1.23. The predicted molar refractivity (Wildman–Crippen MR) is 224 cm³/mol. The van der Waals surface area contributed by atoms with Gasteiger partial charge in [0.1, 0.15) is 0 Å². The maximum atomic E-state index is 2.44. The lowest BCUT2D eigenvalue weighted by molar-refractivity contribution is 1.53. The van der Waals surface area contributed by atoms with E-state index in [0.29, 0.717) is 0 Å². The number of rotatable bonds is 3. The first-order valence-corrected chi connectivity index (χ1v) is 19.4. The molecule has 0 fully saturated rings. The average molecular weight is 689 g/mol. The molecule has 11 rings (SSSR count). The summed E-state index contributed by atoms with van der Waals surface area (Å²) in [6.45, 7) is 2.32. The van der Waals surface area contributed by atoms with E-state index in [4.69, 9.17) is 0 Å². The van der Waals surface area contributed by atoms with Crippen LogP contribution in [0.1, 0.15) is 5.56 Å². The average Bonchev–Trinajstić information content (AvgIpc) is 3.85. The Morgan fingerprint density at radius 1 is 0.320 bits per heavy atom. The fourth-order valence-corrected chi connectivity index (χ4v) is 11.6. The number of fused-ring (bicyclic) bond motifs is 11. The highest BCUT2D eigenvalue weighted by Crippen LogP contribution is 2.48. The minimum atomic E-state index is 1.24. The Morgan fingerprint density at radius 2 is 0.760 bits per heavy atom. The van der Waals surface area contributed by atoms with E-state index in [9.17, 15) is 0 Å². The standard InChI is InChI=1S/C47H28S3/c1-27-33-10-2-3-13-36(33)46-37-14-6-9-17-42(37)50-47(46)45(27)32-23-30(28-18-20-43-38(25-28)34-11-4-7-15-40(34)48-43)22-31(24-32)29-19-21-44-39(26-29)35-12-5-8-16-41(35)49-44/h2-26H,1H3. The highest BCUT2D eigenvalue weighted by molar-refractivity contribution is 7.27. The monoisotopic (exact) mass is 688 g/mol. The first-order chi connectivity index (χ1) is 24.7. The normalized spacial score (nSPS) is 12.1. The molecule has 234 valence electrons. The van der Waals surface area contributed by atoms with Crippen molar-refractivity contribution in [3.05, 3.63) is 157 Å². The van der Waals surface area contributed by atoms with Crippen molar-refractivity contribution in [2.75, 3.05) is 0 Å². The minimum Gasteiger partial charge on any atom is -0.135 e. The summed E-state index contributed by atoms with van der Waals surface area (Å²) in [5.74, 6) is 0. The predicted octanol–water partition coefficient (Wildman–Crippen LogP) is 15.3. The van der Waals surface area contributed by atoms with E-state index in [-0.39, 0.29) is 0 Å². The molecule has 0 nitrogen and oxygen atoms in total. The van der Waals surface area contributed by atoms with Gasteiger partial charge in [0.15, 0.2) is 0 Å². The summed E-state index contributed by atoms with van der Waals surface area (Å²) in [5.41, 5.74) is 8.92. The largest absolute Gasteiger partial charge is 0.135 e. The zero-order valence-electron chi connectivity index (χ0n) is 27.2. The van der Waals surface area contributed by atoms with Crippen LogP contribution in [0.25, 0.3) is 105 Å². The van der Waals surface area contributed by atoms with Crippen molar-refractivity contribution in [2.24, 2.45) is 0 Å². The molecule has 0 aliphatic rings. The van der Waals surface area contributed by atoms with Gasteiger partial charge in [-0.15, -0.1) is 34.0 Å². The molecule has 0 aliphatic heterocycles. The van der Waals surface area contributed by atoms with Gasteiger partial charge in [-0.25, -0.2) is 0 Å². The number of benzene rings is 8. The second kappa shape index (κ2) is 10.8. The molecule has 3 heterocycles. The van der Waals surface area contributed by atoms with Gasteiger partial charge in [0.25, 0.3) is 0 Å². The molecule has 50 heavy (non-hydrogen) atoms. The van der Waals surface area contributed by atoms with E-state index < -0.39 is 0 Å². The van der Waals surface area contributed by atoms with Gasteiger partial charge in [0, 0.05) is 66.1 Å². The molecule has 0 spiro atoms. The second-order valence-electron chi connectivity index (χ2n) is 13.3. The minimum absolute atomic E-state index is 1.24. The van der Waals surface area contributed by atoms with Crippen LogP contribution in [0.5, 0.6) is 0 Å². The first-order valence-electron chi connectivity index (χ1n) is 17.0. The topological polar surface area (TPSA) is 0 Å². The SMILES string of the molecule is Cc1c(-c2cc(-c3ccc4sc5ccccc5c4c3)cc(-c3ccc4sc5ccccc5c4c3)c2)c2sc3ccccc3c2c2ccccc12. The molecule has 0 saturated heterocycles. The third-order valence-corrected chi connectivity index (χ3v) is 13.9. The molecular weight excluding hydrogens is 661 g/mol. The molecule has 0 bridgehead atoms. The number of hydrogen-bond donors (Lipinski definition) is 0. The molecular formula is C47H28S3. The zero-order valence-corrected chi connectivity index (χ0v) is 29.6. The molecule has 0 amide bonds. The van der Waals surface area contributed by atoms with Crippen LogP contribution in [0.3, 0.4) is 0 Å². The Hall–Kier alpha value is -5.32. The lowest BCUT2D eigenvalue weighted by Gasteiger charge is -2.16. The van der Waals surface area contributed by atoms with Crippen molar-refractivity contribution in [1.82, 2.24) is 0 Å². The summed E-state index contributed by atoms with van der Waals surface area (Å²) >= 11 is 5.68. The summed E-state index contributed by atoms with van der Waals surface area (Å²) in [6, 6.07) is 56.9. The zero-order chi connectivity index (χ0) is 32.9. The quantitative estimate of drug-likeness (QED) is 0.173. The molecule has 0 unspecified atom stereocenters. The molecule has 0 atom stereocenters. The smallest absolute Gasteiger partial charge is 0.0442 e. The van der Waals surface area contributed by atoms with Crippen molar-refractivity contribution in [3.8, 4) is 33.4 Å². The molecule has 0 radical (unpaired) electrons. The van der Waals surface area contributed by atoms with Crippen LogP contribution >= 0.6 is 34.0 Å². The summed E-state index contributed by atoms with van der Waals surface area (Å²) in [6.07, 6.45) is 0. The maximum absolute atomic E-state index is 2.44. The number of thiophene rings is 3. The van der Waals surface area contributed by atoms with Crippen LogP contribution in [-0.4, -0.2) is 0 Å². The van der Waals surface area contributed by atoms with Crippen LogP contribution in [0.2, 0.25) is 0 Å². The third-order valence-electron chi connectivity index (χ3n) is 10.4.